The molecule has 0 bridgehead atoms. The molecule has 0 aliphatic heterocycles. The third-order valence-corrected chi connectivity index (χ3v) is 3.86. The average Bonchev–Trinajstić information content (AvgIpc) is 2.65. The summed E-state index contributed by atoms with van der Waals surface area (Å²) in [4.78, 5) is 0. The maximum absolute atomic E-state index is 9.88. The molecular formula is C11H15N3OSe. The van der Waals surface area contributed by atoms with E-state index >= 15 is 0 Å². The summed E-state index contributed by atoms with van der Waals surface area (Å²) in [6.07, 6.45) is 0. The first-order chi connectivity index (χ1) is 7.48. The van der Waals surface area contributed by atoms with Crippen LogP contribution in [-0.2, 0) is 0 Å². The molecule has 0 spiro atoms. The van der Waals surface area contributed by atoms with Gasteiger partial charge in [0.15, 0.2) is 0 Å². The second-order valence-corrected chi connectivity index (χ2v) is 5.57. The number of benzene rings is 1. The molecule has 5 heteroatoms. The van der Waals surface area contributed by atoms with Crippen LogP contribution in [0.3, 0.4) is 0 Å². The Labute approximate surface area is 101 Å². The van der Waals surface area contributed by atoms with Crippen molar-refractivity contribution < 1.29 is 5.11 Å². The number of hydrogen-bond acceptors (Lipinski definition) is 4. The summed E-state index contributed by atoms with van der Waals surface area (Å²) in [5.41, 5.74) is 2.07. The van der Waals surface area contributed by atoms with Gasteiger partial charge in [0.2, 0.25) is 0 Å². The van der Waals surface area contributed by atoms with Gasteiger partial charge in [-0.25, -0.2) is 0 Å². The van der Waals surface area contributed by atoms with E-state index in [1.54, 1.807) is 13.8 Å². The van der Waals surface area contributed by atoms with E-state index in [2.05, 4.69) is 13.3 Å². The van der Waals surface area contributed by atoms with E-state index in [0.717, 1.165) is 16.7 Å². The number of rotatable bonds is 3. The summed E-state index contributed by atoms with van der Waals surface area (Å²) in [6.45, 7) is 5.54. The monoisotopic (exact) mass is 285 g/mol. The van der Waals surface area contributed by atoms with Crippen LogP contribution >= 0.6 is 0 Å². The van der Waals surface area contributed by atoms with Crippen molar-refractivity contribution in [3.8, 4) is 0 Å². The van der Waals surface area contributed by atoms with Crippen LogP contribution < -0.4 is 5.32 Å². The molecule has 1 heterocycles. The van der Waals surface area contributed by atoms with Crippen molar-refractivity contribution in [1.82, 2.24) is 7.96 Å². The van der Waals surface area contributed by atoms with Crippen molar-refractivity contribution in [2.75, 3.05) is 5.32 Å². The molecule has 0 saturated carbocycles. The Kier molecular flexibility index (Phi) is 3.02. The predicted octanol–water partition coefficient (Wildman–Crippen LogP) is 1.26. The fourth-order valence-corrected chi connectivity index (χ4v) is 2.49. The molecule has 86 valence electrons. The Morgan fingerprint density at radius 3 is 2.81 bits per heavy atom. The molecule has 0 aliphatic carbocycles. The van der Waals surface area contributed by atoms with Crippen LogP contribution in [0.2, 0.25) is 0 Å². The number of hydrogen-bond donors (Lipinski definition) is 2. The maximum atomic E-state index is 9.88. The van der Waals surface area contributed by atoms with Crippen LogP contribution in [0.25, 0.3) is 11.0 Å². The molecule has 4 nitrogen and oxygen atoms in total. The van der Waals surface area contributed by atoms with Crippen molar-refractivity contribution in [2.24, 2.45) is 0 Å². The second-order valence-electron chi connectivity index (χ2n) is 4.46. The second kappa shape index (κ2) is 4.17. The van der Waals surface area contributed by atoms with Gasteiger partial charge in [0.25, 0.3) is 0 Å². The Morgan fingerprint density at radius 1 is 1.38 bits per heavy atom. The number of aliphatic hydroxyl groups is 1. The molecule has 2 N–H and O–H groups in total. The summed E-state index contributed by atoms with van der Waals surface area (Å²) >= 11 is -0.0158. The van der Waals surface area contributed by atoms with Crippen molar-refractivity contribution in [3.05, 3.63) is 18.2 Å². The molecule has 1 aromatic carbocycles. The number of nitrogens with zero attached hydrogens (tertiary/aromatic N) is 2. The zero-order valence-corrected chi connectivity index (χ0v) is 11.3. The van der Waals surface area contributed by atoms with E-state index in [9.17, 15) is 5.11 Å². The van der Waals surface area contributed by atoms with Crippen molar-refractivity contribution >= 4 is 31.7 Å². The fourth-order valence-electron chi connectivity index (χ4n) is 1.33. The van der Waals surface area contributed by atoms with E-state index in [1.807, 2.05) is 25.1 Å². The quantitative estimate of drug-likeness (QED) is 0.833. The molecule has 0 fully saturated rings. The molecule has 16 heavy (non-hydrogen) atoms. The Balaban J connectivity index is 2.31. The van der Waals surface area contributed by atoms with Crippen LogP contribution in [0.1, 0.15) is 20.8 Å². The van der Waals surface area contributed by atoms with Crippen LogP contribution in [0, 0.1) is 0 Å². The minimum absolute atomic E-state index is 0.0158. The summed E-state index contributed by atoms with van der Waals surface area (Å²) in [5.74, 6) is 0. The molecule has 0 amide bonds. The molecule has 1 aromatic heterocycles. The Hall–Kier alpha value is -0.901. The SMILES string of the molecule is CC(Nc1cccc2n[se]nc12)C(C)(C)O. The normalized spacial score (nSPS) is 14.0. The molecule has 0 saturated heterocycles. The first-order valence-corrected chi connectivity index (χ1v) is 6.72. The average molecular weight is 284 g/mol. The minimum atomic E-state index is -0.760. The third kappa shape index (κ3) is 2.26. The van der Waals surface area contributed by atoms with Crippen LogP contribution in [0.15, 0.2) is 18.2 Å². The van der Waals surface area contributed by atoms with Gasteiger partial charge in [-0.05, 0) is 0 Å². The molecular weight excluding hydrogens is 269 g/mol. The van der Waals surface area contributed by atoms with Gasteiger partial charge in [-0.1, -0.05) is 0 Å². The van der Waals surface area contributed by atoms with Gasteiger partial charge in [0.05, 0.1) is 0 Å². The number of anilines is 1. The molecule has 0 radical (unpaired) electrons. The zero-order chi connectivity index (χ0) is 11.8. The van der Waals surface area contributed by atoms with E-state index in [1.165, 1.54) is 0 Å². The van der Waals surface area contributed by atoms with Crippen LogP contribution in [-0.4, -0.2) is 39.7 Å². The zero-order valence-electron chi connectivity index (χ0n) is 9.56. The number of nitrogens with one attached hydrogen (secondary N) is 1. The predicted molar refractivity (Wildman–Crippen MR) is 65.9 cm³/mol. The van der Waals surface area contributed by atoms with Gasteiger partial charge in [0, 0.05) is 0 Å². The van der Waals surface area contributed by atoms with Crippen LogP contribution in [0.5, 0.6) is 0 Å². The van der Waals surface area contributed by atoms with Crippen molar-refractivity contribution in [1.29, 1.82) is 0 Å². The van der Waals surface area contributed by atoms with Gasteiger partial charge in [-0.15, -0.1) is 0 Å². The number of fused-ring (bicyclic) bond motifs is 1. The molecule has 2 aromatic rings. The van der Waals surface area contributed by atoms with E-state index in [4.69, 9.17) is 0 Å². The summed E-state index contributed by atoms with van der Waals surface area (Å²) in [6, 6.07) is 5.86. The summed E-state index contributed by atoms with van der Waals surface area (Å²) in [5, 5.41) is 13.2. The van der Waals surface area contributed by atoms with Crippen molar-refractivity contribution in [3.63, 3.8) is 0 Å². The fraction of sp³-hybridized carbons (Fsp3) is 0.455. The topological polar surface area (TPSA) is 58.0 Å². The first-order valence-electron chi connectivity index (χ1n) is 5.18. The molecule has 0 aliphatic rings. The van der Waals surface area contributed by atoms with Gasteiger partial charge in [-0.3, -0.25) is 0 Å². The van der Waals surface area contributed by atoms with E-state index in [-0.39, 0.29) is 21.0 Å². The van der Waals surface area contributed by atoms with Gasteiger partial charge < -0.3 is 0 Å². The number of aromatic nitrogens is 2. The third-order valence-electron chi connectivity index (χ3n) is 2.72. The molecule has 2 rings (SSSR count). The van der Waals surface area contributed by atoms with Crippen molar-refractivity contribution in [2.45, 2.75) is 32.4 Å². The van der Waals surface area contributed by atoms with E-state index < -0.39 is 5.60 Å². The van der Waals surface area contributed by atoms with Gasteiger partial charge in [0.1, 0.15) is 0 Å². The standard InChI is InChI=1S/C11H15N3OSe/c1-7(11(2,3)15)12-8-5-4-6-9-10(8)14-16-13-9/h4-7,12,15H,1-3H3. The summed E-state index contributed by atoms with van der Waals surface area (Å²) < 4.78 is 8.71. The van der Waals surface area contributed by atoms with Crippen LogP contribution in [0.4, 0.5) is 5.69 Å². The van der Waals surface area contributed by atoms with Gasteiger partial charge >= 0.3 is 101 Å². The summed E-state index contributed by atoms with van der Waals surface area (Å²) in [7, 11) is 0. The van der Waals surface area contributed by atoms with E-state index in [0.29, 0.717) is 0 Å². The van der Waals surface area contributed by atoms with Gasteiger partial charge in [-0.2, -0.15) is 0 Å². The molecule has 1 atom stereocenters. The Bertz CT molecular complexity index is 489. The first kappa shape index (κ1) is 11.6. The Morgan fingerprint density at radius 2 is 2.12 bits per heavy atom. The molecule has 1 unspecified atom stereocenters.